The molecule has 8 heteroatoms. The average Bonchev–Trinajstić information content (AvgIpc) is 3.14. The number of carbonyl (C=O) groups excluding carboxylic acids is 1. The van der Waals surface area contributed by atoms with Crippen molar-refractivity contribution < 1.29 is 9.32 Å². The molecule has 1 saturated heterocycles. The maximum atomic E-state index is 13.0. The lowest BCUT2D eigenvalue weighted by atomic mass is 10.1. The summed E-state index contributed by atoms with van der Waals surface area (Å²) in [5.41, 5.74) is 1.23. The Kier molecular flexibility index (Phi) is 4.30. The van der Waals surface area contributed by atoms with Gasteiger partial charge in [-0.25, -0.2) is 0 Å². The molecule has 1 fully saturated rings. The van der Waals surface area contributed by atoms with E-state index in [1.807, 2.05) is 35.2 Å². The fraction of sp³-hybridized carbons (Fsp3) is 0.278. The number of carbonyl (C=O) groups is 1. The van der Waals surface area contributed by atoms with Crippen molar-refractivity contribution in [1.29, 1.82) is 0 Å². The Morgan fingerprint density at radius 3 is 2.58 bits per heavy atom. The molecule has 2 aromatic heterocycles. The highest BCUT2D eigenvalue weighted by atomic mass is 16.5. The molecule has 0 atom stereocenters. The van der Waals surface area contributed by atoms with Gasteiger partial charge in [-0.2, -0.15) is 10.1 Å². The van der Waals surface area contributed by atoms with Gasteiger partial charge in [0.05, 0.1) is 11.1 Å². The molecule has 0 unspecified atom stereocenters. The topological polar surface area (TPSA) is 88.3 Å². The lowest BCUT2D eigenvalue weighted by molar-refractivity contribution is 0.0747. The van der Waals surface area contributed by atoms with Crippen molar-refractivity contribution in [2.45, 2.75) is 6.92 Å². The van der Waals surface area contributed by atoms with E-state index in [-0.39, 0.29) is 5.91 Å². The number of hydrogen-bond donors (Lipinski definition) is 0. The molecule has 3 aromatic rings. The normalized spacial score (nSPS) is 14.5. The number of piperazine rings is 1. The zero-order valence-electron chi connectivity index (χ0n) is 14.4. The molecule has 1 amide bonds. The van der Waals surface area contributed by atoms with Gasteiger partial charge in [0.25, 0.3) is 11.8 Å². The first-order valence-corrected chi connectivity index (χ1v) is 8.44. The standard InChI is InChI=1S/C18H18N6O2/c1-13-20-17(26-22-13)14-5-2-3-6-15(14)18(25)24-11-9-23(10-12-24)16-7-4-8-19-21-16/h2-8H,9-12H2,1H3. The van der Waals surface area contributed by atoms with Crippen LogP contribution in [-0.2, 0) is 0 Å². The molecule has 132 valence electrons. The van der Waals surface area contributed by atoms with E-state index in [1.54, 1.807) is 19.2 Å². The number of rotatable bonds is 3. The monoisotopic (exact) mass is 350 g/mol. The number of aryl methyl sites for hydroxylation is 1. The first-order valence-electron chi connectivity index (χ1n) is 8.44. The summed E-state index contributed by atoms with van der Waals surface area (Å²) < 4.78 is 5.25. The SMILES string of the molecule is Cc1noc(-c2ccccc2C(=O)N2CCN(c3cccnn3)CC2)n1. The summed E-state index contributed by atoms with van der Waals surface area (Å²) >= 11 is 0. The minimum Gasteiger partial charge on any atom is -0.352 e. The van der Waals surface area contributed by atoms with Crippen molar-refractivity contribution in [1.82, 2.24) is 25.2 Å². The van der Waals surface area contributed by atoms with Crippen molar-refractivity contribution in [3.05, 3.63) is 54.0 Å². The molecular weight excluding hydrogens is 332 g/mol. The van der Waals surface area contributed by atoms with Gasteiger partial charge in [0, 0.05) is 32.4 Å². The molecule has 0 bridgehead atoms. The molecule has 1 aliphatic rings. The van der Waals surface area contributed by atoms with Crippen LogP contribution in [0, 0.1) is 6.92 Å². The molecule has 0 aliphatic carbocycles. The molecule has 0 N–H and O–H groups in total. The van der Waals surface area contributed by atoms with E-state index in [4.69, 9.17) is 4.52 Å². The van der Waals surface area contributed by atoms with Crippen LogP contribution in [0.5, 0.6) is 0 Å². The summed E-state index contributed by atoms with van der Waals surface area (Å²) in [7, 11) is 0. The van der Waals surface area contributed by atoms with E-state index < -0.39 is 0 Å². The number of aromatic nitrogens is 4. The number of nitrogens with zero attached hydrogens (tertiary/aromatic N) is 6. The molecule has 1 aromatic carbocycles. The predicted molar refractivity (Wildman–Crippen MR) is 94.6 cm³/mol. The van der Waals surface area contributed by atoms with E-state index >= 15 is 0 Å². The molecule has 26 heavy (non-hydrogen) atoms. The zero-order chi connectivity index (χ0) is 17.9. The van der Waals surface area contributed by atoms with Gasteiger partial charge >= 0.3 is 0 Å². The van der Waals surface area contributed by atoms with Gasteiger partial charge < -0.3 is 14.3 Å². The predicted octanol–water partition coefficient (Wildman–Crippen LogP) is 1.80. The Morgan fingerprint density at radius 2 is 1.88 bits per heavy atom. The van der Waals surface area contributed by atoms with Crippen molar-refractivity contribution in [2.75, 3.05) is 31.1 Å². The second-order valence-electron chi connectivity index (χ2n) is 6.05. The second kappa shape index (κ2) is 6.91. The van der Waals surface area contributed by atoms with Crippen LogP contribution in [0.4, 0.5) is 5.82 Å². The molecule has 8 nitrogen and oxygen atoms in total. The number of amides is 1. The molecule has 1 aliphatic heterocycles. The van der Waals surface area contributed by atoms with Gasteiger partial charge in [-0.1, -0.05) is 17.3 Å². The highest BCUT2D eigenvalue weighted by Gasteiger charge is 2.25. The van der Waals surface area contributed by atoms with Crippen molar-refractivity contribution >= 4 is 11.7 Å². The minimum atomic E-state index is -0.0322. The van der Waals surface area contributed by atoms with Crippen LogP contribution in [0.2, 0.25) is 0 Å². The van der Waals surface area contributed by atoms with E-state index in [0.717, 1.165) is 5.82 Å². The van der Waals surface area contributed by atoms with Gasteiger partial charge in [0.2, 0.25) is 0 Å². The Labute approximate surface area is 150 Å². The second-order valence-corrected chi connectivity index (χ2v) is 6.05. The number of hydrogen-bond acceptors (Lipinski definition) is 7. The number of benzene rings is 1. The Morgan fingerprint density at radius 1 is 1.08 bits per heavy atom. The Hall–Kier alpha value is -3.29. The highest BCUT2D eigenvalue weighted by molar-refractivity contribution is 6.00. The van der Waals surface area contributed by atoms with Gasteiger partial charge in [-0.15, -0.1) is 5.10 Å². The van der Waals surface area contributed by atoms with E-state index in [0.29, 0.717) is 49.0 Å². The third-order valence-electron chi connectivity index (χ3n) is 4.36. The van der Waals surface area contributed by atoms with Crippen molar-refractivity contribution in [2.24, 2.45) is 0 Å². The van der Waals surface area contributed by atoms with Crippen LogP contribution >= 0.6 is 0 Å². The van der Waals surface area contributed by atoms with Crippen molar-refractivity contribution in [3.63, 3.8) is 0 Å². The first-order chi connectivity index (χ1) is 12.7. The van der Waals surface area contributed by atoms with Gasteiger partial charge in [0.1, 0.15) is 0 Å². The maximum absolute atomic E-state index is 13.0. The molecule has 0 saturated carbocycles. The average molecular weight is 350 g/mol. The van der Waals surface area contributed by atoms with Crippen LogP contribution in [0.15, 0.2) is 47.1 Å². The number of anilines is 1. The van der Waals surface area contributed by atoms with E-state index in [2.05, 4.69) is 25.2 Å². The quantitative estimate of drug-likeness (QED) is 0.711. The Balaban J connectivity index is 1.51. The smallest absolute Gasteiger partial charge is 0.258 e. The Bertz CT molecular complexity index is 903. The van der Waals surface area contributed by atoms with Crippen LogP contribution in [0.3, 0.4) is 0 Å². The van der Waals surface area contributed by atoms with Crippen LogP contribution in [0.1, 0.15) is 16.2 Å². The van der Waals surface area contributed by atoms with Crippen LogP contribution < -0.4 is 4.90 Å². The molecule has 0 spiro atoms. The summed E-state index contributed by atoms with van der Waals surface area (Å²) in [6.07, 6.45) is 1.65. The summed E-state index contributed by atoms with van der Waals surface area (Å²) in [5.74, 6) is 1.71. The van der Waals surface area contributed by atoms with Crippen LogP contribution in [-0.4, -0.2) is 57.3 Å². The summed E-state index contributed by atoms with van der Waals surface area (Å²) in [6.45, 7) is 4.42. The third kappa shape index (κ3) is 3.13. The largest absolute Gasteiger partial charge is 0.352 e. The maximum Gasteiger partial charge on any atom is 0.258 e. The van der Waals surface area contributed by atoms with Gasteiger partial charge in [0.15, 0.2) is 11.6 Å². The van der Waals surface area contributed by atoms with E-state index in [9.17, 15) is 4.79 Å². The summed E-state index contributed by atoms with van der Waals surface area (Å²) in [6, 6.07) is 11.1. The zero-order valence-corrected chi connectivity index (χ0v) is 14.4. The molecule has 0 radical (unpaired) electrons. The summed E-state index contributed by atoms with van der Waals surface area (Å²) in [5, 5.41) is 11.9. The minimum absolute atomic E-state index is 0.0322. The lowest BCUT2D eigenvalue weighted by Crippen LogP contribution is -2.49. The fourth-order valence-corrected chi connectivity index (χ4v) is 3.03. The van der Waals surface area contributed by atoms with Gasteiger partial charge in [-0.05, 0) is 31.2 Å². The van der Waals surface area contributed by atoms with Crippen LogP contribution in [0.25, 0.3) is 11.5 Å². The highest BCUT2D eigenvalue weighted by Crippen LogP contribution is 2.24. The fourth-order valence-electron chi connectivity index (χ4n) is 3.03. The lowest BCUT2D eigenvalue weighted by Gasteiger charge is -2.35. The van der Waals surface area contributed by atoms with Gasteiger partial charge in [-0.3, -0.25) is 4.79 Å². The van der Waals surface area contributed by atoms with E-state index in [1.165, 1.54) is 0 Å². The first kappa shape index (κ1) is 16.2. The molecule has 3 heterocycles. The molecule has 4 rings (SSSR count). The summed E-state index contributed by atoms with van der Waals surface area (Å²) in [4.78, 5) is 21.3. The third-order valence-corrected chi connectivity index (χ3v) is 4.36. The molecular formula is C18H18N6O2. The van der Waals surface area contributed by atoms with Crippen molar-refractivity contribution in [3.8, 4) is 11.5 Å².